The Morgan fingerprint density at radius 1 is 1.00 bits per heavy atom. The fraction of sp³-hybridized carbons (Fsp3) is 0.812. The van der Waals surface area contributed by atoms with Crippen molar-refractivity contribution in [3.8, 4) is 0 Å². The van der Waals surface area contributed by atoms with E-state index in [9.17, 15) is 9.90 Å². The summed E-state index contributed by atoms with van der Waals surface area (Å²) in [5, 5.41) is 18.2. The van der Waals surface area contributed by atoms with Gasteiger partial charge in [-0.15, -0.1) is 0 Å². The number of hydrogen-bond donors (Lipinski definition) is 2. The summed E-state index contributed by atoms with van der Waals surface area (Å²) in [6.45, 7) is 2.18. The topological polar surface area (TPSA) is 57.5 Å². The van der Waals surface area contributed by atoms with Crippen molar-refractivity contribution in [3.63, 3.8) is 0 Å². The van der Waals surface area contributed by atoms with Gasteiger partial charge in [-0.3, -0.25) is 4.79 Å². The first-order valence-corrected chi connectivity index (χ1v) is 7.71. The van der Waals surface area contributed by atoms with Gasteiger partial charge >= 0.3 is 5.97 Å². The van der Waals surface area contributed by atoms with Gasteiger partial charge in [0.05, 0.1) is 6.10 Å². The monoisotopic (exact) mass is 270 g/mol. The summed E-state index contributed by atoms with van der Waals surface area (Å²) in [5.74, 6) is -0.745. The van der Waals surface area contributed by atoms with Gasteiger partial charge in [-0.05, 0) is 38.5 Å². The quantitative estimate of drug-likeness (QED) is 0.387. The van der Waals surface area contributed by atoms with Crippen LogP contribution in [0.25, 0.3) is 0 Å². The Bertz CT molecular complexity index is 236. The Morgan fingerprint density at radius 3 is 2.26 bits per heavy atom. The van der Waals surface area contributed by atoms with Crippen LogP contribution in [0.3, 0.4) is 0 Å². The summed E-state index contributed by atoms with van der Waals surface area (Å²) in [6, 6.07) is 0. The maximum absolute atomic E-state index is 10.3. The first-order chi connectivity index (χ1) is 9.16. The molecule has 3 nitrogen and oxygen atoms in total. The number of allylic oxidation sites excluding steroid dienone is 2. The van der Waals surface area contributed by atoms with Gasteiger partial charge in [0.25, 0.3) is 0 Å². The zero-order chi connectivity index (χ0) is 14.3. The van der Waals surface area contributed by atoms with E-state index < -0.39 is 5.97 Å². The number of aliphatic carboxylic acids is 1. The molecule has 1 atom stereocenters. The van der Waals surface area contributed by atoms with E-state index >= 15 is 0 Å². The molecule has 0 aliphatic carbocycles. The highest BCUT2D eigenvalue weighted by atomic mass is 16.4. The van der Waals surface area contributed by atoms with Crippen LogP contribution in [0.2, 0.25) is 0 Å². The number of unbranched alkanes of at least 4 members (excludes halogenated alkanes) is 5. The molecule has 19 heavy (non-hydrogen) atoms. The van der Waals surface area contributed by atoms with Crippen molar-refractivity contribution in [2.75, 3.05) is 0 Å². The van der Waals surface area contributed by atoms with Crippen LogP contribution in [-0.2, 0) is 4.79 Å². The van der Waals surface area contributed by atoms with Crippen LogP contribution < -0.4 is 0 Å². The Balaban J connectivity index is 3.24. The molecule has 0 bridgehead atoms. The van der Waals surface area contributed by atoms with Crippen LogP contribution in [-0.4, -0.2) is 22.3 Å². The molecule has 0 aromatic carbocycles. The minimum absolute atomic E-state index is 0.219. The summed E-state index contributed by atoms with van der Waals surface area (Å²) in [6.07, 6.45) is 14.5. The molecule has 0 aromatic rings. The van der Waals surface area contributed by atoms with Gasteiger partial charge in [0.1, 0.15) is 0 Å². The average Bonchev–Trinajstić information content (AvgIpc) is 2.37. The minimum Gasteiger partial charge on any atom is -0.481 e. The summed E-state index contributed by atoms with van der Waals surface area (Å²) < 4.78 is 0. The van der Waals surface area contributed by atoms with Crippen molar-refractivity contribution in [2.24, 2.45) is 0 Å². The second-order valence-electron chi connectivity index (χ2n) is 5.19. The average molecular weight is 270 g/mol. The molecule has 0 rings (SSSR count). The van der Waals surface area contributed by atoms with Crippen LogP contribution >= 0.6 is 0 Å². The molecule has 0 heterocycles. The van der Waals surface area contributed by atoms with E-state index in [1.165, 1.54) is 25.7 Å². The Hall–Kier alpha value is -0.830. The molecule has 0 radical (unpaired) electrons. The van der Waals surface area contributed by atoms with E-state index in [4.69, 9.17) is 5.11 Å². The number of aliphatic hydroxyl groups excluding tert-OH is 1. The number of carbonyl (C=O) groups is 1. The zero-order valence-corrected chi connectivity index (χ0v) is 12.3. The summed E-state index contributed by atoms with van der Waals surface area (Å²) in [7, 11) is 0. The molecule has 2 N–H and O–H groups in total. The van der Waals surface area contributed by atoms with Crippen LogP contribution in [0.4, 0.5) is 0 Å². The fourth-order valence-corrected chi connectivity index (χ4v) is 2.02. The van der Waals surface area contributed by atoms with Gasteiger partial charge in [0.2, 0.25) is 0 Å². The van der Waals surface area contributed by atoms with Gasteiger partial charge in [-0.25, -0.2) is 0 Å². The van der Waals surface area contributed by atoms with E-state index in [0.717, 1.165) is 32.1 Å². The smallest absolute Gasteiger partial charge is 0.303 e. The summed E-state index contributed by atoms with van der Waals surface area (Å²) in [4.78, 5) is 10.3. The van der Waals surface area contributed by atoms with E-state index in [1.807, 2.05) is 0 Å². The molecule has 0 saturated heterocycles. The number of aliphatic hydroxyl groups is 1. The van der Waals surface area contributed by atoms with Crippen LogP contribution in [0, 0.1) is 0 Å². The highest BCUT2D eigenvalue weighted by Crippen LogP contribution is 2.11. The third-order valence-electron chi connectivity index (χ3n) is 3.21. The number of carboxylic acids is 1. The third kappa shape index (κ3) is 15.1. The van der Waals surface area contributed by atoms with E-state index in [-0.39, 0.29) is 12.5 Å². The molecule has 0 spiro atoms. The fourth-order valence-electron chi connectivity index (χ4n) is 2.02. The molecule has 1 unspecified atom stereocenters. The Kier molecular flexibility index (Phi) is 13.0. The highest BCUT2D eigenvalue weighted by molar-refractivity contribution is 5.66. The van der Waals surface area contributed by atoms with Crippen molar-refractivity contribution in [1.29, 1.82) is 0 Å². The highest BCUT2D eigenvalue weighted by Gasteiger charge is 2.04. The number of rotatable bonds is 13. The molecule has 0 aromatic heterocycles. The van der Waals surface area contributed by atoms with E-state index in [1.54, 1.807) is 0 Å². The van der Waals surface area contributed by atoms with Gasteiger partial charge in [-0.1, -0.05) is 44.8 Å². The lowest BCUT2D eigenvalue weighted by molar-refractivity contribution is -0.137. The van der Waals surface area contributed by atoms with E-state index in [0.29, 0.717) is 6.42 Å². The number of carboxylic acid groups (broad SMARTS) is 1. The van der Waals surface area contributed by atoms with Gasteiger partial charge in [0.15, 0.2) is 0 Å². The molecule has 112 valence electrons. The Labute approximate surface area is 117 Å². The zero-order valence-electron chi connectivity index (χ0n) is 12.3. The molecule has 0 fully saturated rings. The van der Waals surface area contributed by atoms with Gasteiger partial charge in [-0.2, -0.15) is 0 Å². The van der Waals surface area contributed by atoms with Crippen molar-refractivity contribution < 1.29 is 15.0 Å². The van der Waals surface area contributed by atoms with E-state index in [2.05, 4.69) is 19.1 Å². The summed E-state index contributed by atoms with van der Waals surface area (Å²) in [5.41, 5.74) is 0. The molecule has 0 aliphatic rings. The standard InChI is InChI=1S/C16H30O3/c1-2-3-4-5-6-7-8-9-12-15(17)13-10-11-14-16(18)19/h4-5,15,17H,2-3,6-14H2,1H3,(H,18,19). The predicted molar refractivity (Wildman–Crippen MR) is 79.2 cm³/mol. The minimum atomic E-state index is -0.745. The van der Waals surface area contributed by atoms with Crippen molar-refractivity contribution in [3.05, 3.63) is 12.2 Å². The molecular formula is C16H30O3. The lowest BCUT2D eigenvalue weighted by atomic mass is 10.0. The third-order valence-corrected chi connectivity index (χ3v) is 3.21. The van der Waals surface area contributed by atoms with Crippen molar-refractivity contribution in [1.82, 2.24) is 0 Å². The van der Waals surface area contributed by atoms with Crippen LogP contribution in [0.1, 0.15) is 77.6 Å². The Morgan fingerprint density at radius 2 is 1.63 bits per heavy atom. The second kappa shape index (κ2) is 13.6. The SMILES string of the molecule is CCCC=CCCCCCC(O)CCCCC(=O)O. The van der Waals surface area contributed by atoms with Crippen LogP contribution in [0.5, 0.6) is 0 Å². The molecule has 3 heteroatoms. The summed E-state index contributed by atoms with van der Waals surface area (Å²) >= 11 is 0. The van der Waals surface area contributed by atoms with Crippen molar-refractivity contribution >= 4 is 5.97 Å². The molecule has 0 amide bonds. The van der Waals surface area contributed by atoms with Crippen LogP contribution in [0.15, 0.2) is 12.2 Å². The largest absolute Gasteiger partial charge is 0.481 e. The second-order valence-corrected chi connectivity index (χ2v) is 5.19. The predicted octanol–water partition coefficient (Wildman–Crippen LogP) is 4.30. The molecule has 0 aliphatic heterocycles. The maximum atomic E-state index is 10.3. The van der Waals surface area contributed by atoms with Gasteiger partial charge < -0.3 is 10.2 Å². The first-order valence-electron chi connectivity index (χ1n) is 7.71. The lowest BCUT2D eigenvalue weighted by Crippen LogP contribution is -2.06. The molecular weight excluding hydrogens is 240 g/mol. The normalized spacial score (nSPS) is 12.9. The maximum Gasteiger partial charge on any atom is 0.303 e. The van der Waals surface area contributed by atoms with Gasteiger partial charge in [0, 0.05) is 6.42 Å². The lowest BCUT2D eigenvalue weighted by Gasteiger charge is -2.09. The van der Waals surface area contributed by atoms with Crippen molar-refractivity contribution in [2.45, 2.75) is 83.7 Å². The molecule has 0 saturated carbocycles. The number of hydrogen-bond acceptors (Lipinski definition) is 2. The first kappa shape index (κ1) is 18.2.